The van der Waals surface area contributed by atoms with E-state index in [1.807, 2.05) is 6.07 Å². The van der Waals surface area contributed by atoms with Gasteiger partial charge in [0, 0.05) is 31.4 Å². The van der Waals surface area contributed by atoms with E-state index in [0.717, 1.165) is 17.3 Å². The number of pyridine rings is 1. The van der Waals surface area contributed by atoms with Crippen LogP contribution in [0.2, 0.25) is 0 Å². The van der Waals surface area contributed by atoms with Gasteiger partial charge in [-0.2, -0.15) is 4.31 Å². The third-order valence-corrected chi connectivity index (χ3v) is 5.26. The fourth-order valence-corrected chi connectivity index (χ4v) is 3.82. The highest BCUT2D eigenvalue weighted by Gasteiger charge is 2.30. The third kappa shape index (κ3) is 2.21. The number of sulfonamides is 1. The summed E-state index contributed by atoms with van der Waals surface area (Å²) in [7, 11) is -3.80. The van der Waals surface area contributed by atoms with Crippen LogP contribution < -0.4 is 0 Å². The average molecular weight is 292 g/mol. The lowest BCUT2D eigenvalue weighted by molar-refractivity contribution is 0.385. The van der Waals surface area contributed by atoms with Gasteiger partial charge in [0.15, 0.2) is 0 Å². The van der Waals surface area contributed by atoms with Gasteiger partial charge in [-0.1, -0.05) is 18.2 Å². The molecule has 0 bridgehead atoms. The molecule has 2 heterocycles. The first-order chi connectivity index (χ1) is 9.59. The number of fused-ring (bicyclic) bond motifs is 1. The summed E-state index contributed by atoms with van der Waals surface area (Å²) in [6, 6.07) is 9.08. The number of rotatable bonds is 2. The molecule has 0 amide bonds. The molecule has 1 aromatic heterocycles. The molecule has 0 saturated carbocycles. The second-order valence-corrected chi connectivity index (χ2v) is 6.53. The Morgan fingerprint density at radius 2 is 1.95 bits per heavy atom. The van der Waals surface area contributed by atoms with E-state index in [9.17, 15) is 12.8 Å². The van der Waals surface area contributed by atoms with Crippen LogP contribution in [0.4, 0.5) is 4.39 Å². The standard InChI is InChI=1S/C14H13FN2O2S/c15-12-5-1-2-6-14(12)20(18,19)17-9-7-13-11(10-17)4-3-8-16-13/h1-6,8H,7,9-10H2. The van der Waals surface area contributed by atoms with Crippen LogP contribution in [-0.2, 0) is 23.0 Å². The van der Waals surface area contributed by atoms with Crippen molar-refractivity contribution in [2.45, 2.75) is 17.9 Å². The predicted molar refractivity (Wildman–Crippen MR) is 71.9 cm³/mol. The molecule has 20 heavy (non-hydrogen) atoms. The van der Waals surface area contributed by atoms with E-state index in [0.29, 0.717) is 13.0 Å². The highest BCUT2D eigenvalue weighted by Crippen LogP contribution is 2.25. The summed E-state index contributed by atoms with van der Waals surface area (Å²) in [5.41, 5.74) is 1.78. The van der Waals surface area contributed by atoms with Gasteiger partial charge in [0.05, 0.1) is 0 Å². The molecular formula is C14H13FN2O2S. The van der Waals surface area contributed by atoms with Gasteiger partial charge in [0.25, 0.3) is 0 Å². The lowest BCUT2D eigenvalue weighted by Crippen LogP contribution is -2.36. The van der Waals surface area contributed by atoms with E-state index < -0.39 is 15.8 Å². The second-order valence-electron chi connectivity index (χ2n) is 4.63. The minimum absolute atomic E-state index is 0.236. The van der Waals surface area contributed by atoms with Crippen molar-refractivity contribution in [1.82, 2.24) is 9.29 Å². The molecule has 3 rings (SSSR count). The van der Waals surface area contributed by atoms with E-state index in [-0.39, 0.29) is 11.4 Å². The molecule has 0 N–H and O–H groups in total. The maximum atomic E-state index is 13.7. The van der Waals surface area contributed by atoms with Crippen molar-refractivity contribution >= 4 is 10.0 Å². The number of hydrogen-bond donors (Lipinski definition) is 0. The molecule has 0 aliphatic carbocycles. The summed E-state index contributed by atoms with van der Waals surface area (Å²) in [5, 5.41) is 0. The number of nitrogens with zero attached hydrogens (tertiary/aromatic N) is 2. The molecule has 6 heteroatoms. The van der Waals surface area contributed by atoms with E-state index in [4.69, 9.17) is 0 Å². The van der Waals surface area contributed by atoms with Crippen molar-refractivity contribution in [3.05, 3.63) is 59.7 Å². The molecular weight excluding hydrogens is 279 g/mol. The van der Waals surface area contributed by atoms with Crippen LogP contribution in [0, 0.1) is 5.82 Å². The molecule has 104 valence electrons. The van der Waals surface area contributed by atoms with Gasteiger partial charge in [-0.15, -0.1) is 0 Å². The molecule has 4 nitrogen and oxygen atoms in total. The third-order valence-electron chi connectivity index (χ3n) is 3.38. The molecule has 0 atom stereocenters. The summed E-state index contributed by atoms with van der Waals surface area (Å²) in [4.78, 5) is 3.96. The first-order valence-electron chi connectivity index (χ1n) is 6.26. The maximum absolute atomic E-state index is 13.7. The van der Waals surface area contributed by atoms with Crippen LogP contribution in [0.1, 0.15) is 11.3 Å². The zero-order valence-corrected chi connectivity index (χ0v) is 11.5. The van der Waals surface area contributed by atoms with E-state index >= 15 is 0 Å². The van der Waals surface area contributed by atoms with Crippen LogP contribution in [0.25, 0.3) is 0 Å². The number of hydrogen-bond acceptors (Lipinski definition) is 3. The van der Waals surface area contributed by atoms with Crippen molar-refractivity contribution in [1.29, 1.82) is 0 Å². The zero-order valence-electron chi connectivity index (χ0n) is 10.7. The fraction of sp³-hybridized carbons (Fsp3) is 0.214. The largest absolute Gasteiger partial charge is 0.261 e. The quantitative estimate of drug-likeness (QED) is 0.850. The van der Waals surface area contributed by atoms with Crippen molar-refractivity contribution in [2.24, 2.45) is 0 Å². The molecule has 0 radical (unpaired) electrons. The number of aromatic nitrogens is 1. The van der Waals surface area contributed by atoms with Crippen LogP contribution in [0.3, 0.4) is 0 Å². The van der Waals surface area contributed by atoms with Crippen LogP contribution in [0.15, 0.2) is 47.5 Å². The van der Waals surface area contributed by atoms with Gasteiger partial charge in [-0.05, 0) is 23.8 Å². The molecule has 1 aromatic carbocycles. The minimum Gasteiger partial charge on any atom is -0.261 e. The first-order valence-corrected chi connectivity index (χ1v) is 7.70. The SMILES string of the molecule is O=S(=O)(c1ccccc1F)N1CCc2ncccc2C1. The molecule has 0 saturated heterocycles. The van der Waals surface area contributed by atoms with Gasteiger partial charge in [0.2, 0.25) is 10.0 Å². The lowest BCUT2D eigenvalue weighted by Gasteiger charge is -2.27. The fourth-order valence-electron chi connectivity index (χ4n) is 2.34. The molecule has 0 unspecified atom stereocenters. The molecule has 1 aliphatic rings. The maximum Gasteiger partial charge on any atom is 0.246 e. The lowest BCUT2D eigenvalue weighted by atomic mass is 10.1. The summed E-state index contributed by atoms with van der Waals surface area (Å²) < 4.78 is 40.0. The smallest absolute Gasteiger partial charge is 0.246 e. The average Bonchev–Trinajstić information content (AvgIpc) is 2.47. The van der Waals surface area contributed by atoms with Crippen molar-refractivity contribution < 1.29 is 12.8 Å². The Kier molecular flexibility index (Phi) is 3.27. The summed E-state index contributed by atoms with van der Waals surface area (Å²) >= 11 is 0. The predicted octanol–water partition coefficient (Wildman–Crippen LogP) is 1.97. The van der Waals surface area contributed by atoms with Gasteiger partial charge in [-0.3, -0.25) is 4.98 Å². The molecule has 0 fully saturated rings. The summed E-state index contributed by atoms with van der Waals surface area (Å²) in [6.45, 7) is 0.556. The molecule has 2 aromatic rings. The Bertz CT molecular complexity index is 746. The molecule has 0 spiro atoms. The monoisotopic (exact) mass is 292 g/mol. The van der Waals surface area contributed by atoms with Gasteiger partial charge >= 0.3 is 0 Å². The van der Waals surface area contributed by atoms with Crippen LogP contribution >= 0.6 is 0 Å². The highest BCUT2D eigenvalue weighted by atomic mass is 32.2. The normalized spacial score (nSPS) is 15.8. The van der Waals surface area contributed by atoms with Gasteiger partial charge in [-0.25, -0.2) is 12.8 Å². The topological polar surface area (TPSA) is 50.3 Å². The minimum atomic E-state index is -3.80. The zero-order chi connectivity index (χ0) is 14.2. The Hall–Kier alpha value is -1.79. The first kappa shape index (κ1) is 13.2. The van der Waals surface area contributed by atoms with Crippen LogP contribution in [-0.4, -0.2) is 24.3 Å². The van der Waals surface area contributed by atoms with Gasteiger partial charge < -0.3 is 0 Å². The van der Waals surface area contributed by atoms with E-state index in [1.54, 1.807) is 12.3 Å². The summed E-state index contributed by atoms with van der Waals surface area (Å²) in [5.74, 6) is -0.718. The second kappa shape index (κ2) is 4.96. The number of benzene rings is 1. The van der Waals surface area contributed by atoms with Crippen molar-refractivity contribution in [3.8, 4) is 0 Å². The Labute approximate surface area is 116 Å². The Morgan fingerprint density at radius 3 is 2.75 bits per heavy atom. The van der Waals surface area contributed by atoms with Crippen LogP contribution in [0.5, 0.6) is 0 Å². The Balaban J connectivity index is 1.97. The van der Waals surface area contributed by atoms with E-state index in [2.05, 4.69) is 4.98 Å². The summed E-state index contributed by atoms with van der Waals surface area (Å²) in [6.07, 6.45) is 2.24. The van der Waals surface area contributed by atoms with Crippen molar-refractivity contribution in [2.75, 3.05) is 6.54 Å². The molecule has 1 aliphatic heterocycles. The van der Waals surface area contributed by atoms with E-state index in [1.165, 1.54) is 22.5 Å². The van der Waals surface area contributed by atoms with Crippen molar-refractivity contribution in [3.63, 3.8) is 0 Å². The highest BCUT2D eigenvalue weighted by molar-refractivity contribution is 7.89. The Morgan fingerprint density at radius 1 is 1.15 bits per heavy atom. The number of halogens is 1. The van der Waals surface area contributed by atoms with Gasteiger partial charge in [0.1, 0.15) is 10.7 Å².